The van der Waals surface area contributed by atoms with Gasteiger partial charge >= 0.3 is 0 Å². The van der Waals surface area contributed by atoms with Crippen LogP contribution in [0.5, 0.6) is 0 Å². The number of carbonyl (C=O) groups excluding carboxylic acids is 2. The number of carbonyl (C=O) groups is 2. The Morgan fingerprint density at radius 3 is 2.34 bits per heavy atom. The fourth-order valence-electron chi connectivity index (χ4n) is 6.13. The van der Waals surface area contributed by atoms with E-state index in [2.05, 4.69) is 10.2 Å². The van der Waals surface area contributed by atoms with E-state index >= 15 is 0 Å². The summed E-state index contributed by atoms with van der Waals surface area (Å²) in [5, 5.41) is 3.36. The molecule has 3 aliphatic rings. The van der Waals surface area contributed by atoms with Gasteiger partial charge in [-0.25, -0.2) is 0 Å². The Morgan fingerprint density at radius 2 is 1.66 bits per heavy atom. The van der Waals surface area contributed by atoms with Crippen molar-refractivity contribution in [2.24, 2.45) is 0 Å². The standard InChI is InChI=1S/C28H40N4O3/c1-28(27(34)29-22-11-6-2-3-7-12-22)21-31-23(25-13-10-20-35-25)14-15-24(31)26(33)32(28)19-18-30-16-8-4-5-9-17-30/h10,13-15,20,22H,2-9,11-12,16-19,21H2,1H3,(H,29,34)/t28-/m0/s1. The van der Waals surface area contributed by atoms with Gasteiger partial charge in [0.25, 0.3) is 5.91 Å². The van der Waals surface area contributed by atoms with E-state index in [-0.39, 0.29) is 17.9 Å². The van der Waals surface area contributed by atoms with Crippen LogP contribution < -0.4 is 5.32 Å². The van der Waals surface area contributed by atoms with Crippen molar-refractivity contribution in [3.8, 4) is 11.5 Å². The van der Waals surface area contributed by atoms with Crippen molar-refractivity contribution in [3.05, 3.63) is 36.2 Å². The highest BCUT2D eigenvalue weighted by Crippen LogP contribution is 2.33. The van der Waals surface area contributed by atoms with Gasteiger partial charge in [-0.2, -0.15) is 0 Å². The maximum atomic E-state index is 13.9. The maximum Gasteiger partial charge on any atom is 0.271 e. The number of hydrogen-bond donors (Lipinski definition) is 1. The Labute approximate surface area is 208 Å². The average molecular weight is 481 g/mol. The number of furan rings is 1. The molecule has 1 saturated carbocycles. The van der Waals surface area contributed by atoms with Crippen molar-refractivity contribution < 1.29 is 14.0 Å². The van der Waals surface area contributed by atoms with Gasteiger partial charge in [-0.05, 0) is 70.0 Å². The van der Waals surface area contributed by atoms with E-state index in [1.165, 1.54) is 38.5 Å². The van der Waals surface area contributed by atoms with E-state index in [4.69, 9.17) is 4.42 Å². The van der Waals surface area contributed by atoms with Crippen LogP contribution in [0, 0.1) is 0 Å². The van der Waals surface area contributed by atoms with E-state index in [0.29, 0.717) is 24.5 Å². The van der Waals surface area contributed by atoms with Crippen LogP contribution in [0.15, 0.2) is 34.9 Å². The predicted molar refractivity (Wildman–Crippen MR) is 136 cm³/mol. The molecule has 35 heavy (non-hydrogen) atoms. The highest BCUT2D eigenvalue weighted by atomic mass is 16.3. The highest BCUT2D eigenvalue weighted by molar-refractivity contribution is 6.00. The lowest BCUT2D eigenvalue weighted by atomic mass is 9.93. The van der Waals surface area contributed by atoms with Gasteiger partial charge in [-0.3, -0.25) is 9.59 Å². The minimum atomic E-state index is -0.956. The Bertz CT molecular complexity index is 998. The van der Waals surface area contributed by atoms with Crippen LogP contribution in [0.3, 0.4) is 0 Å². The molecule has 5 rings (SSSR count). The van der Waals surface area contributed by atoms with Crippen LogP contribution in [0.25, 0.3) is 11.5 Å². The third kappa shape index (κ3) is 5.06. The summed E-state index contributed by atoms with van der Waals surface area (Å²) in [6.45, 7) is 5.90. The maximum absolute atomic E-state index is 13.9. The van der Waals surface area contributed by atoms with Crippen molar-refractivity contribution in [1.82, 2.24) is 19.7 Å². The Kier molecular flexibility index (Phi) is 7.32. The molecular weight excluding hydrogens is 440 g/mol. The van der Waals surface area contributed by atoms with Crippen LogP contribution in [-0.2, 0) is 11.3 Å². The molecule has 0 spiro atoms. The number of hydrogen-bond acceptors (Lipinski definition) is 4. The van der Waals surface area contributed by atoms with Gasteiger partial charge in [-0.15, -0.1) is 0 Å². The molecule has 1 atom stereocenters. The predicted octanol–water partition coefficient (Wildman–Crippen LogP) is 4.68. The molecule has 0 aromatic carbocycles. The Balaban J connectivity index is 1.42. The number of nitrogens with zero attached hydrogens (tertiary/aromatic N) is 3. The first-order valence-electron chi connectivity index (χ1n) is 13.6. The lowest BCUT2D eigenvalue weighted by Gasteiger charge is -2.45. The normalized spacial score (nSPS) is 24.6. The summed E-state index contributed by atoms with van der Waals surface area (Å²) >= 11 is 0. The first-order chi connectivity index (χ1) is 17.1. The van der Waals surface area contributed by atoms with Crippen molar-refractivity contribution in [1.29, 1.82) is 0 Å². The Hall–Kier alpha value is -2.54. The van der Waals surface area contributed by atoms with E-state index < -0.39 is 5.54 Å². The van der Waals surface area contributed by atoms with Crippen molar-refractivity contribution in [3.63, 3.8) is 0 Å². The lowest BCUT2D eigenvalue weighted by Crippen LogP contribution is -2.65. The van der Waals surface area contributed by atoms with E-state index in [1.54, 1.807) is 6.26 Å². The van der Waals surface area contributed by atoms with Gasteiger partial charge in [-0.1, -0.05) is 38.5 Å². The molecule has 1 N–H and O–H groups in total. The monoisotopic (exact) mass is 480 g/mol. The van der Waals surface area contributed by atoms with E-state index in [0.717, 1.165) is 51.0 Å². The minimum Gasteiger partial charge on any atom is -0.463 e. The molecule has 2 aliphatic heterocycles. The molecule has 7 nitrogen and oxygen atoms in total. The second kappa shape index (κ2) is 10.6. The van der Waals surface area contributed by atoms with Crippen LogP contribution in [0.2, 0.25) is 0 Å². The number of amides is 2. The van der Waals surface area contributed by atoms with Crippen molar-refractivity contribution >= 4 is 11.8 Å². The molecule has 2 aromatic heterocycles. The van der Waals surface area contributed by atoms with Gasteiger partial charge in [0.2, 0.25) is 5.91 Å². The molecule has 1 saturated heterocycles. The van der Waals surface area contributed by atoms with Crippen LogP contribution >= 0.6 is 0 Å². The van der Waals surface area contributed by atoms with Crippen molar-refractivity contribution in [2.45, 2.75) is 89.3 Å². The SMILES string of the molecule is C[C@@]1(C(=O)NC2CCCCCC2)Cn2c(ccc2-c2ccco2)C(=O)N1CCN1CCCCCC1. The second-order valence-corrected chi connectivity index (χ2v) is 10.8. The molecule has 0 radical (unpaired) electrons. The summed E-state index contributed by atoms with van der Waals surface area (Å²) in [5.74, 6) is 0.620. The minimum absolute atomic E-state index is 0.0293. The smallest absolute Gasteiger partial charge is 0.271 e. The quantitative estimate of drug-likeness (QED) is 0.610. The van der Waals surface area contributed by atoms with Gasteiger partial charge in [0.05, 0.1) is 18.5 Å². The fraction of sp³-hybridized carbons (Fsp3) is 0.643. The zero-order valence-electron chi connectivity index (χ0n) is 21.1. The molecule has 2 aromatic rings. The summed E-state index contributed by atoms with van der Waals surface area (Å²) in [5.41, 5.74) is 0.522. The summed E-state index contributed by atoms with van der Waals surface area (Å²) < 4.78 is 7.64. The molecule has 7 heteroatoms. The largest absolute Gasteiger partial charge is 0.463 e. The molecule has 1 aliphatic carbocycles. The van der Waals surface area contributed by atoms with Crippen LogP contribution in [0.4, 0.5) is 0 Å². The number of likely N-dealkylation sites (tertiary alicyclic amines) is 1. The number of nitrogens with one attached hydrogen (secondary N) is 1. The molecular formula is C28H40N4O3. The summed E-state index contributed by atoms with van der Waals surface area (Å²) in [7, 11) is 0. The highest BCUT2D eigenvalue weighted by Gasteiger charge is 2.48. The summed E-state index contributed by atoms with van der Waals surface area (Å²) in [6.07, 6.45) is 13.5. The molecule has 2 amide bonds. The Morgan fingerprint density at radius 1 is 0.971 bits per heavy atom. The zero-order valence-corrected chi connectivity index (χ0v) is 21.1. The average Bonchev–Trinajstić information content (AvgIpc) is 3.35. The van der Waals surface area contributed by atoms with Gasteiger partial charge < -0.3 is 24.1 Å². The molecule has 190 valence electrons. The molecule has 4 heterocycles. The van der Waals surface area contributed by atoms with Crippen LogP contribution in [0.1, 0.15) is 81.6 Å². The van der Waals surface area contributed by atoms with Gasteiger partial charge in [0.1, 0.15) is 17.0 Å². The number of aromatic nitrogens is 1. The van der Waals surface area contributed by atoms with Gasteiger partial charge in [0, 0.05) is 19.1 Å². The molecule has 2 fully saturated rings. The summed E-state index contributed by atoms with van der Waals surface area (Å²) in [6, 6.07) is 7.77. The first kappa shape index (κ1) is 24.2. The van der Waals surface area contributed by atoms with Crippen molar-refractivity contribution in [2.75, 3.05) is 26.2 Å². The first-order valence-corrected chi connectivity index (χ1v) is 13.6. The van der Waals surface area contributed by atoms with E-state index in [9.17, 15) is 9.59 Å². The van der Waals surface area contributed by atoms with Crippen LogP contribution in [-0.4, -0.2) is 63.9 Å². The topological polar surface area (TPSA) is 70.7 Å². The second-order valence-electron chi connectivity index (χ2n) is 10.8. The number of fused-ring (bicyclic) bond motifs is 1. The molecule has 0 unspecified atom stereocenters. The zero-order chi connectivity index (χ0) is 24.3. The fourth-order valence-corrected chi connectivity index (χ4v) is 6.13. The third-order valence-electron chi connectivity index (χ3n) is 8.30. The number of rotatable bonds is 6. The lowest BCUT2D eigenvalue weighted by molar-refractivity contribution is -0.133. The van der Waals surface area contributed by atoms with Gasteiger partial charge in [0.15, 0.2) is 0 Å². The van der Waals surface area contributed by atoms with E-state index in [1.807, 2.05) is 40.7 Å². The summed E-state index contributed by atoms with van der Waals surface area (Å²) in [4.78, 5) is 32.1. The third-order valence-corrected chi connectivity index (χ3v) is 8.30. The molecule has 0 bridgehead atoms.